The average Bonchev–Trinajstić information content (AvgIpc) is 3.17. The predicted molar refractivity (Wildman–Crippen MR) is 111 cm³/mol. The molecule has 0 aliphatic rings. The van der Waals surface area contributed by atoms with Crippen LogP contribution in [0.2, 0.25) is 5.02 Å². The molecule has 148 valence electrons. The van der Waals surface area contributed by atoms with Crippen LogP contribution in [0, 0.1) is 0 Å². The summed E-state index contributed by atoms with van der Waals surface area (Å²) in [5.74, 6) is 0.117. The summed E-state index contributed by atoms with van der Waals surface area (Å²) < 4.78 is 33.5. The highest BCUT2D eigenvalue weighted by atomic mass is 35.5. The number of ether oxygens (including phenoxy) is 1. The Morgan fingerprint density at radius 3 is 2.69 bits per heavy atom. The normalized spacial score (nSPS) is 11.7. The molecule has 0 saturated carbocycles. The van der Waals surface area contributed by atoms with Gasteiger partial charge in [-0.05, 0) is 30.7 Å². The van der Waals surface area contributed by atoms with Gasteiger partial charge < -0.3 is 4.74 Å². The minimum atomic E-state index is -4.10. The van der Waals surface area contributed by atoms with Crippen molar-refractivity contribution in [2.75, 3.05) is 6.61 Å². The number of benzene rings is 2. The van der Waals surface area contributed by atoms with Crippen LogP contribution in [0.25, 0.3) is 22.3 Å². The summed E-state index contributed by atoms with van der Waals surface area (Å²) in [5.41, 5.74) is 0.867. The first-order valence-corrected chi connectivity index (χ1v) is 10.8. The highest BCUT2D eigenvalue weighted by Gasteiger charge is 2.27. The number of fused-ring (bicyclic) bond motifs is 1. The third kappa shape index (κ3) is 3.68. The topological polar surface area (TPSA) is 87.0 Å². The quantitative estimate of drug-likeness (QED) is 0.458. The molecule has 0 unspecified atom stereocenters. The molecule has 29 heavy (non-hydrogen) atoms. The van der Waals surface area contributed by atoms with Crippen LogP contribution in [0.1, 0.15) is 13.3 Å². The first-order valence-electron chi connectivity index (χ1n) is 8.96. The van der Waals surface area contributed by atoms with Crippen LogP contribution in [-0.2, 0) is 10.0 Å². The van der Waals surface area contributed by atoms with E-state index in [1.165, 1.54) is 6.07 Å². The molecule has 0 saturated heterocycles. The van der Waals surface area contributed by atoms with Gasteiger partial charge in [-0.3, -0.25) is 4.98 Å². The molecule has 9 heteroatoms. The van der Waals surface area contributed by atoms with Crippen LogP contribution in [0.3, 0.4) is 0 Å². The Kier molecular flexibility index (Phi) is 5.21. The molecule has 0 aliphatic carbocycles. The van der Waals surface area contributed by atoms with Gasteiger partial charge in [0.15, 0.2) is 5.82 Å². The molecule has 0 spiro atoms. The zero-order chi connectivity index (χ0) is 20.4. The Morgan fingerprint density at radius 2 is 1.90 bits per heavy atom. The fraction of sp³-hybridized carbons (Fsp3) is 0.150. The molecule has 2 heterocycles. The molecule has 0 fully saturated rings. The number of nitrogens with zero attached hydrogens (tertiary/aromatic N) is 4. The Morgan fingerprint density at radius 1 is 1.10 bits per heavy atom. The molecular weight excluding hydrogens is 412 g/mol. The van der Waals surface area contributed by atoms with Gasteiger partial charge >= 0.3 is 6.01 Å². The summed E-state index contributed by atoms with van der Waals surface area (Å²) in [4.78, 5) is 8.59. The lowest BCUT2D eigenvalue weighted by Crippen LogP contribution is -2.17. The average molecular weight is 429 g/mol. The van der Waals surface area contributed by atoms with Crippen molar-refractivity contribution >= 4 is 32.5 Å². The van der Waals surface area contributed by atoms with E-state index in [2.05, 4.69) is 15.1 Å². The number of hydrogen-bond donors (Lipinski definition) is 0. The van der Waals surface area contributed by atoms with E-state index in [-0.39, 0.29) is 16.7 Å². The van der Waals surface area contributed by atoms with E-state index >= 15 is 0 Å². The van der Waals surface area contributed by atoms with Crippen molar-refractivity contribution in [3.8, 4) is 17.4 Å². The zero-order valence-electron chi connectivity index (χ0n) is 15.5. The third-order valence-corrected chi connectivity index (χ3v) is 6.01. The van der Waals surface area contributed by atoms with Crippen molar-refractivity contribution in [1.82, 2.24) is 19.2 Å². The lowest BCUT2D eigenvalue weighted by molar-refractivity contribution is 0.293. The Hall–Kier alpha value is -2.97. The van der Waals surface area contributed by atoms with Gasteiger partial charge in [-0.25, -0.2) is 0 Å². The first kappa shape index (κ1) is 19.4. The third-order valence-electron chi connectivity index (χ3n) is 4.18. The van der Waals surface area contributed by atoms with Gasteiger partial charge in [-0.1, -0.05) is 54.0 Å². The van der Waals surface area contributed by atoms with E-state index < -0.39 is 10.0 Å². The lowest BCUT2D eigenvalue weighted by Gasteiger charge is -2.09. The second kappa shape index (κ2) is 7.81. The van der Waals surface area contributed by atoms with Crippen molar-refractivity contribution in [3.63, 3.8) is 0 Å². The molecule has 0 N–H and O–H groups in total. The smallest absolute Gasteiger partial charge is 0.337 e. The second-order valence-electron chi connectivity index (χ2n) is 6.26. The van der Waals surface area contributed by atoms with E-state index in [4.69, 9.17) is 16.3 Å². The van der Waals surface area contributed by atoms with Gasteiger partial charge in [0.25, 0.3) is 10.0 Å². The van der Waals surface area contributed by atoms with Gasteiger partial charge in [0.1, 0.15) is 4.90 Å². The molecule has 0 radical (unpaired) electrons. The molecule has 0 amide bonds. The SMILES string of the molecule is CCCOc1nc(-c2cccc(Cl)c2)n(S(=O)(=O)c2cccc3cccnc23)n1. The summed E-state index contributed by atoms with van der Waals surface area (Å²) in [6.45, 7) is 2.31. The van der Waals surface area contributed by atoms with E-state index in [0.29, 0.717) is 28.1 Å². The molecule has 2 aromatic heterocycles. The standard InChI is InChI=1S/C20H17ClN4O3S/c1-2-12-28-20-23-19(15-7-3-9-16(21)13-15)25(24-20)29(26,27)17-10-4-6-14-8-5-11-22-18(14)17/h3-11,13H,2,12H2,1H3. The van der Waals surface area contributed by atoms with E-state index in [0.717, 1.165) is 10.5 Å². The van der Waals surface area contributed by atoms with Crippen LogP contribution in [0.5, 0.6) is 6.01 Å². The van der Waals surface area contributed by atoms with Gasteiger partial charge in [0.2, 0.25) is 0 Å². The highest BCUT2D eigenvalue weighted by molar-refractivity contribution is 7.90. The van der Waals surface area contributed by atoms with Crippen molar-refractivity contribution in [1.29, 1.82) is 0 Å². The predicted octanol–water partition coefficient (Wildman–Crippen LogP) is 4.17. The summed E-state index contributed by atoms with van der Waals surface area (Å²) >= 11 is 6.10. The first-order chi connectivity index (χ1) is 14.0. The maximum atomic E-state index is 13.5. The van der Waals surface area contributed by atoms with Crippen LogP contribution in [0.15, 0.2) is 65.7 Å². The Labute approximate surface area is 173 Å². The van der Waals surface area contributed by atoms with Gasteiger partial charge in [0.05, 0.1) is 12.1 Å². The van der Waals surface area contributed by atoms with Crippen LogP contribution in [-0.4, -0.2) is 34.2 Å². The van der Waals surface area contributed by atoms with Crippen molar-refractivity contribution in [2.24, 2.45) is 0 Å². The molecule has 4 aromatic rings. The summed E-state index contributed by atoms with van der Waals surface area (Å²) in [5, 5.41) is 5.30. The number of hydrogen-bond acceptors (Lipinski definition) is 6. The molecule has 0 bridgehead atoms. The maximum Gasteiger partial charge on any atom is 0.337 e. The Bertz CT molecular complexity index is 1280. The number of para-hydroxylation sites is 1. The molecule has 2 aromatic carbocycles. The highest BCUT2D eigenvalue weighted by Crippen LogP contribution is 2.29. The summed E-state index contributed by atoms with van der Waals surface area (Å²) in [6.07, 6.45) is 2.29. The van der Waals surface area contributed by atoms with Gasteiger partial charge in [0, 0.05) is 22.2 Å². The summed E-state index contributed by atoms with van der Waals surface area (Å²) in [6, 6.07) is 15.3. The fourth-order valence-corrected chi connectivity index (χ4v) is 4.48. The van der Waals surface area contributed by atoms with E-state index in [1.54, 1.807) is 54.7 Å². The maximum absolute atomic E-state index is 13.5. The number of pyridine rings is 1. The van der Waals surface area contributed by atoms with Crippen molar-refractivity contribution < 1.29 is 13.2 Å². The molecule has 0 aliphatic heterocycles. The van der Waals surface area contributed by atoms with Crippen LogP contribution < -0.4 is 4.74 Å². The monoisotopic (exact) mass is 428 g/mol. The van der Waals surface area contributed by atoms with Gasteiger partial charge in [-0.2, -0.15) is 13.4 Å². The minimum Gasteiger partial charge on any atom is -0.462 e. The largest absolute Gasteiger partial charge is 0.462 e. The molecule has 7 nitrogen and oxygen atoms in total. The van der Waals surface area contributed by atoms with Crippen LogP contribution in [0.4, 0.5) is 0 Å². The minimum absolute atomic E-state index is 0.0152. The Balaban J connectivity index is 1.93. The summed E-state index contributed by atoms with van der Waals surface area (Å²) in [7, 11) is -4.10. The van der Waals surface area contributed by atoms with Crippen LogP contribution >= 0.6 is 11.6 Å². The van der Waals surface area contributed by atoms with Crippen molar-refractivity contribution in [3.05, 3.63) is 65.8 Å². The lowest BCUT2D eigenvalue weighted by atomic mass is 10.2. The number of halogens is 1. The zero-order valence-corrected chi connectivity index (χ0v) is 17.1. The number of aromatic nitrogens is 4. The van der Waals surface area contributed by atoms with Crippen molar-refractivity contribution in [2.45, 2.75) is 18.2 Å². The molecular formula is C20H17ClN4O3S. The fourth-order valence-electron chi connectivity index (χ4n) is 2.88. The number of rotatable bonds is 6. The van der Waals surface area contributed by atoms with E-state index in [1.807, 2.05) is 6.92 Å². The molecule has 4 rings (SSSR count). The molecule has 0 atom stereocenters. The van der Waals surface area contributed by atoms with Gasteiger partial charge in [-0.15, -0.1) is 4.09 Å². The van der Waals surface area contributed by atoms with E-state index in [9.17, 15) is 8.42 Å². The second-order valence-corrected chi connectivity index (χ2v) is 8.43.